The Morgan fingerprint density at radius 2 is 1.56 bits per heavy atom. The highest BCUT2D eigenvalue weighted by Crippen LogP contribution is 2.39. The number of hydrogen-bond donors (Lipinski definition) is 0. The molecule has 1 aliphatic rings. The maximum absolute atomic E-state index is 16.5. The fourth-order valence-electron chi connectivity index (χ4n) is 5.94. The lowest BCUT2D eigenvalue weighted by molar-refractivity contribution is -0.145. The van der Waals surface area contributed by atoms with E-state index in [0.29, 0.717) is 31.9 Å². The molecule has 0 spiro atoms. The Hall–Kier alpha value is -5.03. The van der Waals surface area contributed by atoms with Gasteiger partial charge in [0, 0.05) is 38.4 Å². The summed E-state index contributed by atoms with van der Waals surface area (Å²) in [6.45, 7) is 4.94. The zero-order valence-corrected chi connectivity index (χ0v) is 27.7. The van der Waals surface area contributed by atoms with Crippen molar-refractivity contribution in [2.75, 3.05) is 37.1 Å². The van der Waals surface area contributed by atoms with Crippen LogP contribution in [0.5, 0.6) is 11.5 Å². The molecule has 1 fully saturated rings. The van der Waals surface area contributed by atoms with Crippen molar-refractivity contribution in [3.05, 3.63) is 100 Å². The summed E-state index contributed by atoms with van der Waals surface area (Å²) in [7, 11) is 3.24. The number of fused-ring (bicyclic) bond motifs is 1. The van der Waals surface area contributed by atoms with E-state index in [-0.39, 0.29) is 45.6 Å². The van der Waals surface area contributed by atoms with Crippen molar-refractivity contribution in [3.63, 3.8) is 0 Å². The number of esters is 1. The number of carbonyl (C=O) groups excluding carboxylic acids is 1. The number of carbonyl (C=O) groups is 1. The van der Waals surface area contributed by atoms with Crippen LogP contribution < -0.4 is 19.3 Å². The molecule has 48 heavy (non-hydrogen) atoms. The third kappa shape index (κ3) is 7.11. The average molecular weight is 674 g/mol. The largest absolute Gasteiger partial charge is 0.497 e. The molecule has 0 amide bonds. The van der Waals surface area contributed by atoms with Gasteiger partial charge >= 0.3 is 12.0 Å². The molecule has 1 aliphatic heterocycles. The summed E-state index contributed by atoms with van der Waals surface area (Å²) < 4.78 is 47.3. The molecule has 1 atom stereocenters. The van der Waals surface area contributed by atoms with Gasteiger partial charge in [0.2, 0.25) is 0 Å². The van der Waals surface area contributed by atoms with E-state index < -0.39 is 17.9 Å². The Morgan fingerprint density at radius 1 is 0.938 bits per heavy atom. The molecule has 9 nitrogen and oxygen atoms in total. The van der Waals surface area contributed by atoms with Crippen molar-refractivity contribution in [1.29, 1.82) is 0 Å². The normalized spacial score (nSPS) is 14.3. The molecule has 6 rings (SSSR count). The van der Waals surface area contributed by atoms with Crippen LogP contribution in [-0.2, 0) is 22.6 Å². The van der Waals surface area contributed by atoms with Crippen molar-refractivity contribution < 1.29 is 27.8 Å². The van der Waals surface area contributed by atoms with Gasteiger partial charge in [-0.05, 0) is 66.1 Å². The number of hydrogen-bond acceptors (Lipinski definition) is 9. The summed E-state index contributed by atoms with van der Waals surface area (Å²) in [4.78, 5) is 28.0. The summed E-state index contributed by atoms with van der Waals surface area (Å²) in [5.74, 6) is 1.05. The van der Waals surface area contributed by atoms with Gasteiger partial charge in [-0.2, -0.15) is 14.4 Å². The van der Waals surface area contributed by atoms with Gasteiger partial charge in [0.25, 0.3) is 0 Å². The standard InChI is InChI=1S/C36H34ClF2N5O4/c1-21-15-30(32-29(37)17-28-34(33(32)38)41-36(39)42-35(28)43-14-13-27(20-43)48-22(2)45)40-31(16-21)44(18-23-5-9-25(46-3)10-6-23)19-24-7-11-26(47-4)12-8-24/h5-12,15-17,27H,13-14,18-20H2,1-4H3/t27-/m0/s1. The molecule has 12 heteroatoms. The number of methoxy groups -OCH3 is 2. The lowest BCUT2D eigenvalue weighted by atomic mass is 10.0. The van der Waals surface area contributed by atoms with Crippen molar-refractivity contribution in [1.82, 2.24) is 15.0 Å². The van der Waals surface area contributed by atoms with Crippen LogP contribution in [0.15, 0.2) is 66.7 Å². The Bertz CT molecular complexity index is 1910. The van der Waals surface area contributed by atoms with Crippen LogP contribution in [0.4, 0.5) is 20.4 Å². The molecule has 3 aromatic carbocycles. The second-order valence-electron chi connectivity index (χ2n) is 11.7. The minimum Gasteiger partial charge on any atom is -0.497 e. The lowest BCUT2D eigenvalue weighted by Gasteiger charge is -2.26. The Kier molecular flexibility index (Phi) is 9.58. The van der Waals surface area contributed by atoms with E-state index in [1.807, 2.05) is 61.5 Å². The molecule has 0 saturated carbocycles. The number of nitrogens with zero attached hydrogens (tertiary/aromatic N) is 5. The summed E-state index contributed by atoms with van der Waals surface area (Å²) in [6.07, 6.45) is -0.937. The molecule has 1 saturated heterocycles. The fourth-order valence-corrected chi connectivity index (χ4v) is 6.23. The summed E-state index contributed by atoms with van der Waals surface area (Å²) in [5.41, 5.74) is 2.92. The van der Waals surface area contributed by atoms with E-state index in [0.717, 1.165) is 28.2 Å². The maximum atomic E-state index is 16.5. The van der Waals surface area contributed by atoms with Crippen molar-refractivity contribution in [2.24, 2.45) is 0 Å². The van der Waals surface area contributed by atoms with Crippen LogP contribution in [0, 0.1) is 18.8 Å². The predicted molar refractivity (Wildman–Crippen MR) is 181 cm³/mol. The van der Waals surface area contributed by atoms with Crippen LogP contribution in [0.3, 0.4) is 0 Å². The molecule has 0 aliphatic carbocycles. The second kappa shape index (κ2) is 14.0. The number of pyridine rings is 1. The third-order valence-electron chi connectivity index (χ3n) is 8.21. The smallest absolute Gasteiger partial charge is 0.311 e. The van der Waals surface area contributed by atoms with E-state index in [9.17, 15) is 9.18 Å². The highest BCUT2D eigenvalue weighted by Gasteiger charge is 2.29. The van der Waals surface area contributed by atoms with Gasteiger partial charge in [-0.3, -0.25) is 4.79 Å². The number of aromatic nitrogens is 3. The topological polar surface area (TPSA) is 89.9 Å². The molecule has 0 unspecified atom stereocenters. The van der Waals surface area contributed by atoms with Crippen LogP contribution >= 0.6 is 11.6 Å². The quantitative estimate of drug-likeness (QED) is 0.112. The molecule has 2 aromatic heterocycles. The molecule has 248 valence electrons. The summed E-state index contributed by atoms with van der Waals surface area (Å²) >= 11 is 6.81. The maximum Gasteiger partial charge on any atom is 0.311 e. The van der Waals surface area contributed by atoms with Gasteiger partial charge in [0.15, 0.2) is 5.82 Å². The Labute approximate surface area is 282 Å². The van der Waals surface area contributed by atoms with Crippen LogP contribution in [0.1, 0.15) is 30.0 Å². The van der Waals surface area contributed by atoms with Crippen molar-refractivity contribution >= 4 is 40.1 Å². The molecular formula is C36H34ClF2N5O4. The molecule has 0 bridgehead atoms. The van der Waals surface area contributed by atoms with Gasteiger partial charge in [-0.1, -0.05) is 35.9 Å². The average Bonchev–Trinajstić information content (AvgIpc) is 3.52. The van der Waals surface area contributed by atoms with Gasteiger partial charge in [0.05, 0.1) is 37.0 Å². The number of rotatable bonds is 10. The minimum absolute atomic E-state index is 0.00576. The molecule has 5 aromatic rings. The summed E-state index contributed by atoms with van der Waals surface area (Å²) in [5, 5.41) is 0.327. The number of aryl methyl sites for hydroxylation is 1. The molecule has 0 radical (unpaired) electrons. The van der Waals surface area contributed by atoms with Crippen LogP contribution in [-0.4, -0.2) is 54.3 Å². The lowest BCUT2D eigenvalue weighted by Crippen LogP contribution is -2.25. The first-order valence-corrected chi connectivity index (χ1v) is 15.8. The van der Waals surface area contributed by atoms with E-state index in [4.69, 9.17) is 30.8 Å². The number of ether oxygens (including phenoxy) is 3. The SMILES string of the molecule is COc1ccc(CN(Cc2ccc(OC)cc2)c2cc(C)cc(-c3c(Cl)cc4c(N5CC[C@H](OC(C)=O)C5)nc(F)nc4c3F)n2)cc1. The fraction of sp³-hybridized carbons (Fsp3) is 0.278. The van der Waals surface area contributed by atoms with Gasteiger partial charge in [0.1, 0.15) is 34.8 Å². The van der Waals surface area contributed by atoms with E-state index in [1.54, 1.807) is 31.3 Å². The molecule has 3 heterocycles. The Morgan fingerprint density at radius 3 is 2.15 bits per heavy atom. The van der Waals surface area contributed by atoms with Crippen LogP contribution in [0.25, 0.3) is 22.2 Å². The Balaban J connectivity index is 1.40. The van der Waals surface area contributed by atoms with Crippen molar-refractivity contribution in [3.8, 4) is 22.8 Å². The highest BCUT2D eigenvalue weighted by atomic mass is 35.5. The first-order valence-electron chi connectivity index (χ1n) is 15.4. The van der Waals surface area contributed by atoms with E-state index >= 15 is 4.39 Å². The first kappa shape index (κ1) is 32.9. The van der Waals surface area contributed by atoms with Crippen molar-refractivity contribution in [2.45, 2.75) is 39.5 Å². The monoisotopic (exact) mass is 673 g/mol. The number of anilines is 2. The minimum atomic E-state index is -1.08. The van der Waals surface area contributed by atoms with Crippen LogP contribution in [0.2, 0.25) is 5.02 Å². The molecule has 0 N–H and O–H groups in total. The number of halogens is 3. The first-order chi connectivity index (χ1) is 23.1. The zero-order chi connectivity index (χ0) is 33.9. The third-order valence-corrected chi connectivity index (χ3v) is 8.51. The second-order valence-corrected chi connectivity index (χ2v) is 12.1. The highest BCUT2D eigenvalue weighted by molar-refractivity contribution is 6.34. The number of benzene rings is 3. The predicted octanol–water partition coefficient (Wildman–Crippen LogP) is 7.30. The van der Waals surface area contributed by atoms with E-state index in [1.165, 1.54) is 6.92 Å². The molecular weight excluding hydrogens is 640 g/mol. The van der Waals surface area contributed by atoms with Gasteiger partial charge in [-0.25, -0.2) is 9.37 Å². The zero-order valence-electron chi connectivity index (χ0n) is 27.0. The van der Waals surface area contributed by atoms with Gasteiger partial charge < -0.3 is 24.0 Å². The van der Waals surface area contributed by atoms with E-state index in [2.05, 4.69) is 14.9 Å². The summed E-state index contributed by atoms with van der Waals surface area (Å²) in [6, 6.07) is 20.7. The van der Waals surface area contributed by atoms with Gasteiger partial charge in [-0.15, -0.1) is 0 Å².